The van der Waals surface area contributed by atoms with Gasteiger partial charge in [0.2, 0.25) is 11.8 Å². The first-order chi connectivity index (χ1) is 14.8. The number of H-pyrrole nitrogens is 1. The van der Waals surface area contributed by atoms with Crippen LogP contribution in [0.5, 0.6) is 0 Å². The molecule has 2 aliphatic rings. The summed E-state index contributed by atoms with van der Waals surface area (Å²) < 4.78 is 27.8. The maximum atomic E-state index is 13.1. The summed E-state index contributed by atoms with van der Waals surface area (Å²) in [6, 6.07) is -0.101. The molecule has 2 heterocycles. The van der Waals surface area contributed by atoms with Gasteiger partial charge in [-0.1, -0.05) is 20.3 Å². The predicted molar refractivity (Wildman–Crippen MR) is 114 cm³/mol. The molecule has 174 valence electrons. The number of amides is 1. The van der Waals surface area contributed by atoms with Crippen molar-refractivity contribution < 1.29 is 18.7 Å². The molecule has 8 nitrogen and oxygen atoms in total. The topological polar surface area (TPSA) is 113 Å². The fourth-order valence-electron chi connectivity index (χ4n) is 3.47. The molecule has 4 rings (SSSR count). The summed E-state index contributed by atoms with van der Waals surface area (Å²) in [6.07, 6.45) is 5.97. The van der Waals surface area contributed by atoms with Gasteiger partial charge in [0.15, 0.2) is 5.65 Å². The second kappa shape index (κ2) is 11.3. The van der Waals surface area contributed by atoms with Crippen molar-refractivity contribution in [3.63, 3.8) is 0 Å². The average Bonchev–Trinajstić information content (AvgIpc) is 3.13. The molecular formula is C21H33F2N5O3. The van der Waals surface area contributed by atoms with Crippen LogP contribution in [0.4, 0.5) is 8.78 Å². The SMILES string of the molecule is CC.CC(O)CNC(=O)C1CCC1.O=c1[nH]cnc2c1cnn2C1CCC(F)(F)CC1. The van der Waals surface area contributed by atoms with Crippen molar-refractivity contribution in [2.75, 3.05) is 6.54 Å². The van der Waals surface area contributed by atoms with Crippen molar-refractivity contribution >= 4 is 16.9 Å². The predicted octanol–water partition coefficient (Wildman–Crippen LogP) is 3.18. The Kier molecular flexibility index (Phi) is 9.09. The summed E-state index contributed by atoms with van der Waals surface area (Å²) in [4.78, 5) is 29.2. The van der Waals surface area contributed by atoms with Crippen LogP contribution in [0.15, 0.2) is 17.3 Å². The van der Waals surface area contributed by atoms with Gasteiger partial charge in [-0.25, -0.2) is 18.4 Å². The molecule has 1 amide bonds. The minimum atomic E-state index is -2.57. The van der Waals surface area contributed by atoms with Crippen LogP contribution in [-0.4, -0.2) is 49.3 Å². The number of rotatable bonds is 4. The van der Waals surface area contributed by atoms with E-state index in [1.807, 2.05) is 13.8 Å². The first-order valence-corrected chi connectivity index (χ1v) is 11.0. The van der Waals surface area contributed by atoms with Crippen molar-refractivity contribution in [1.82, 2.24) is 25.1 Å². The number of hydrogen-bond acceptors (Lipinski definition) is 5. The third-order valence-corrected chi connectivity index (χ3v) is 5.48. The van der Waals surface area contributed by atoms with Crippen LogP contribution < -0.4 is 10.9 Å². The molecule has 2 fully saturated rings. The van der Waals surface area contributed by atoms with E-state index in [2.05, 4.69) is 20.4 Å². The smallest absolute Gasteiger partial charge is 0.261 e. The largest absolute Gasteiger partial charge is 0.392 e. The Bertz CT molecular complexity index is 883. The first-order valence-electron chi connectivity index (χ1n) is 11.0. The van der Waals surface area contributed by atoms with E-state index in [-0.39, 0.29) is 36.3 Å². The summed E-state index contributed by atoms with van der Waals surface area (Å²) in [5.41, 5.74) is 0.210. The number of nitrogens with zero attached hydrogens (tertiary/aromatic N) is 3. The Morgan fingerprint density at radius 1 is 1.32 bits per heavy atom. The fraction of sp³-hybridized carbons (Fsp3) is 0.714. The number of carbonyl (C=O) groups excluding carboxylic acids is 1. The van der Waals surface area contributed by atoms with Crippen molar-refractivity contribution in [2.45, 2.75) is 83.8 Å². The van der Waals surface area contributed by atoms with Crippen LogP contribution in [0.2, 0.25) is 0 Å². The van der Waals surface area contributed by atoms with Gasteiger partial charge in [-0.05, 0) is 32.6 Å². The van der Waals surface area contributed by atoms with Gasteiger partial charge in [-0.15, -0.1) is 0 Å². The molecule has 2 aromatic heterocycles. The zero-order valence-corrected chi connectivity index (χ0v) is 18.4. The summed E-state index contributed by atoms with van der Waals surface area (Å²) >= 11 is 0. The lowest BCUT2D eigenvalue weighted by atomic mass is 9.85. The van der Waals surface area contributed by atoms with Gasteiger partial charge in [0, 0.05) is 25.3 Å². The number of fused-ring (bicyclic) bond motifs is 1. The van der Waals surface area contributed by atoms with E-state index in [0.29, 0.717) is 30.4 Å². The third-order valence-electron chi connectivity index (χ3n) is 5.48. The average molecular weight is 442 g/mol. The quantitative estimate of drug-likeness (QED) is 0.675. The number of aromatic nitrogens is 4. The molecule has 10 heteroatoms. The molecule has 2 saturated carbocycles. The van der Waals surface area contributed by atoms with Crippen molar-refractivity contribution in [2.24, 2.45) is 5.92 Å². The number of carbonyl (C=O) groups is 1. The molecule has 1 unspecified atom stereocenters. The fourth-order valence-corrected chi connectivity index (χ4v) is 3.47. The summed E-state index contributed by atoms with van der Waals surface area (Å²) in [5, 5.41) is 16.1. The molecule has 2 aromatic rings. The molecule has 1 atom stereocenters. The van der Waals surface area contributed by atoms with Crippen LogP contribution in [0.1, 0.15) is 71.8 Å². The number of nitrogens with one attached hydrogen (secondary N) is 2. The second-order valence-corrected chi connectivity index (χ2v) is 7.87. The van der Waals surface area contributed by atoms with E-state index in [1.54, 1.807) is 11.6 Å². The van der Waals surface area contributed by atoms with Crippen LogP contribution >= 0.6 is 0 Å². The Labute approximate surface area is 180 Å². The minimum Gasteiger partial charge on any atom is -0.392 e. The maximum Gasteiger partial charge on any atom is 0.261 e. The lowest BCUT2D eigenvalue weighted by Gasteiger charge is -2.28. The van der Waals surface area contributed by atoms with Crippen LogP contribution in [0.3, 0.4) is 0 Å². The van der Waals surface area contributed by atoms with Crippen molar-refractivity contribution in [3.05, 3.63) is 22.9 Å². The highest BCUT2D eigenvalue weighted by Crippen LogP contribution is 2.38. The third kappa shape index (κ3) is 6.81. The van der Waals surface area contributed by atoms with Gasteiger partial charge in [0.25, 0.3) is 5.56 Å². The van der Waals surface area contributed by atoms with Gasteiger partial charge < -0.3 is 15.4 Å². The number of aromatic amines is 1. The number of alkyl halides is 2. The lowest BCUT2D eigenvalue weighted by molar-refractivity contribution is -0.127. The molecule has 0 saturated heterocycles. The number of aliphatic hydroxyl groups excluding tert-OH is 1. The van der Waals surface area contributed by atoms with E-state index in [0.717, 1.165) is 12.8 Å². The maximum absolute atomic E-state index is 13.1. The van der Waals surface area contributed by atoms with E-state index in [1.165, 1.54) is 18.9 Å². The zero-order valence-electron chi connectivity index (χ0n) is 18.4. The molecule has 3 N–H and O–H groups in total. The summed E-state index contributed by atoms with van der Waals surface area (Å²) in [5.74, 6) is -2.23. The normalized spacial score (nSPS) is 19.3. The van der Waals surface area contributed by atoms with Gasteiger partial charge in [-0.2, -0.15) is 5.10 Å². The monoisotopic (exact) mass is 441 g/mol. The Balaban J connectivity index is 0.000000226. The lowest BCUT2D eigenvalue weighted by Crippen LogP contribution is -2.37. The number of halogens is 2. The number of aliphatic hydroxyl groups is 1. The molecule has 2 aliphatic carbocycles. The molecular weight excluding hydrogens is 408 g/mol. The van der Waals surface area contributed by atoms with E-state index < -0.39 is 12.0 Å². The Hall–Kier alpha value is -2.36. The summed E-state index contributed by atoms with van der Waals surface area (Å²) in [7, 11) is 0. The highest BCUT2D eigenvalue weighted by molar-refractivity contribution is 5.79. The van der Waals surface area contributed by atoms with E-state index >= 15 is 0 Å². The van der Waals surface area contributed by atoms with Gasteiger partial charge in [0.1, 0.15) is 5.39 Å². The van der Waals surface area contributed by atoms with E-state index in [4.69, 9.17) is 5.11 Å². The molecule has 0 aromatic carbocycles. The van der Waals surface area contributed by atoms with Crippen molar-refractivity contribution in [3.8, 4) is 0 Å². The zero-order chi connectivity index (χ0) is 23.0. The molecule has 0 aliphatic heterocycles. The van der Waals surface area contributed by atoms with Gasteiger partial charge >= 0.3 is 0 Å². The highest BCUT2D eigenvalue weighted by Gasteiger charge is 2.36. The standard InChI is InChI=1S/C11H12F2N4O.C8H15NO2.C2H6/c12-11(13)3-1-7(2-4-11)17-9-8(5-16-17)10(18)15-6-14-9;1-6(10)5-9-8(11)7-3-2-4-7;1-2/h5-7H,1-4H2,(H,14,15,18);6-7,10H,2-5H2,1H3,(H,9,11);1-2H3. The Morgan fingerprint density at radius 3 is 2.52 bits per heavy atom. The van der Waals surface area contributed by atoms with Gasteiger partial charge in [0.05, 0.1) is 24.7 Å². The van der Waals surface area contributed by atoms with Crippen LogP contribution in [-0.2, 0) is 4.79 Å². The van der Waals surface area contributed by atoms with Gasteiger partial charge in [-0.3, -0.25) is 9.59 Å². The molecule has 0 bridgehead atoms. The van der Waals surface area contributed by atoms with Crippen LogP contribution in [0.25, 0.3) is 11.0 Å². The minimum absolute atomic E-state index is 0.101. The molecule has 0 spiro atoms. The highest BCUT2D eigenvalue weighted by atomic mass is 19.3. The molecule has 0 radical (unpaired) electrons. The first kappa shape index (κ1) is 24.9. The van der Waals surface area contributed by atoms with Crippen LogP contribution in [0, 0.1) is 5.92 Å². The van der Waals surface area contributed by atoms with Crippen molar-refractivity contribution in [1.29, 1.82) is 0 Å². The molecule has 31 heavy (non-hydrogen) atoms. The Morgan fingerprint density at radius 2 is 1.97 bits per heavy atom. The second-order valence-electron chi connectivity index (χ2n) is 7.87. The summed E-state index contributed by atoms with van der Waals surface area (Å²) in [6.45, 7) is 6.05. The number of hydrogen-bond donors (Lipinski definition) is 3. The van der Waals surface area contributed by atoms with E-state index in [9.17, 15) is 18.4 Å².